The smallest absolute Gasteiger partial charge is 0.410 e. The molecule has 0 aliphatic carbocycles. The predicted molar refractivity (Wildman–Crippen MR) is 84.4 cm³/mol. The second kappa shape index (κ2) is 6.97. The van der Waals surface area contributed by atoms with E-state index >= 15 is 0 Å². The topological polar surface area (TPSA) is 44.8 Å². The first-order chi connectivity index (χ1) is 9.85. The molecule has 2 aliphatic rings. The van der Waals surface area contributed by atoms with Crippen LogP contribution in [0, 0.1) is 5.92 Å². The number of rotatable bonds is 4. The van der Waals surface area contributed by atoms with Crippen molar-refractivity contribution in [1.29, 1.82) is 0 Å². The Bertz CT molecular complexity index is 354. The lowest BCUT2D eigenvalue weighted by atomic mass is 10.1. The van der Waals surface area contributed by atoms with Crippen molar-refractivity contribution in [3.63, 3.8) is 0 Å². The van der Waals surface area contributed by atoms with E-state index in [2.05, 4.69) is 17.3 Å². The third-order valence-corrected chi connectivity index (χ3v) is 4.31. The molecule has 21 heavy (non-hydrogen) atoms. The Morgan fingerprint density at radius 3 is 2.62 bits per heavy atom. The molecular weight excluding hydrogens is 266 g/mol. The molecule has 0 saturated carbocycles. The Morgan fingerprint density at radius 2 is 2.00 bits per heavy atom. The molecule has 0 aromatic rings. The van der Waals surface area contributed by atoms with Crippen LogP contribution in [0.25, 0.3) is 0 Å². The van der Waals surface area contributed by atoms with Gasteiger partial charge >= 0.3 is 6.09 Å². The number of nitrogens with one attached hydrogen (secondary N) is 1. The van der Waals surface area contributed by atoms with Crippen LogP contribution in [0.2, 0.25) is 0 Å². The molecule has 2 fully saturated rings. The Labute approximate surface area is 129 Å². The molecule has 2 unspecified atom stereocenters. The normalized spacial score (nSPS) is 27.3. The summed E-state index contributed by atoms with van der Waals surface area (Å²) < 4.78 is 5.50. The average Bonchev–Trinajstić information content (AvgIpc) is 2.96. The number of carbonyl (C=O) groups excluding carboxylic acids is 1. The van der Waals surface area contributed by atoms with Gasteiger partial charge in [0.15, 0.2) is 0 Å². The molecule has 2 heterocycles. The van der Waals surface area contributed by atoms with Crippen LogP contribution in [0.1, 0.15) is 40.0 Å². The van der Waals surface area contributed by atoms with Crippen molar-refractivity contribution in [2.45, 2.75) is 51.7 Å². The fourth-order valence-electron chi connectivity index (χ4n) is 3.26. The SMILES string of the molecule is CN1CCC(CNCC2CCCN2C(=O)OC(C)(C)C)C1. The van der Waals surface area contributed by atoms with Crippen molar-refractivity contribution in [2.24, 2.45) is 5.92 Å². The van der Waals surface area contributed by atoms with E-state index in [-0.39, 0.29) is 6.09 Å². The van der Waals surface area contributed by atoms with Crippen molar-refractivity contribution < 1.29 is 9.53 Å². The average molecular weight is 297 g/mol. The van der Waals surface area contributed by atoms with Crippen molar-refractivity contribution in [1.82, 2.24) is 15.1 Å². The van der Waals surface area contributed by atoms with E-state index in [0.29, 0.717) is 6.04 Å². The summed E-state index contributed by atoms with van der Waals surface area (Å²) in [6, 6.07) is 0.291. The third kappa shape index (κ3) is 5.15. The summed E-state index contributed by atoms with van der Waals surface area (Å²) in [6.07, 6.45) is 3.28. The number of nitrogens with zero attached hydrogens (tertiary/aromatic N) is 2. The highest BCUT2D eigenvalue weighted by atomic mass is 16.6. The molecule has 2 atom stereocenters. The lowest BCUT2D eigenvalue weighted by molar-refractivity contribution is 0.0226. The quantitative estimate of drug-likeness (QED) is 0.861. The highest BCUT2D eigenvalue weighted by molar-refractivity contribution is 5.69. The number of hydrogen-bond acceptors (Lipinski definition) is 4. The van der Waals surface area contributed by atoms with Crippen molar-refractivity contribution >= 4 is 6.09 Å². The molecule has 1 N–H and O–H groups in total. The number of likely N-dealkylation sites (tertiary alicyclic amines) is 2. The van der Waals surface area contributed by atoms with Crippen LogP contribution in [-0.4, -0.2) is 67.3 Å². The summed E-state index contributed by atoms with van der Waals surface area (Å²) in [6.45, 7) is 10.9. The van der Waals surface area contributed by atoms with Gasteiger partial charge in [-0.3, -0.25) is 0 Å². The van der Waals surface area contributed by atoms with Gasteiger partial charge in [-0.1, -0.05) is 0 Å². The third-order valence-electron chi connectivity index (χ3n) is 4.31. The number of hydrogen-bond donors (Lipinski definition) is 1. The second-order valence-electron chi connectivity index (χ2n) is 7.54. The Morgan fingerprint density at radius 1 is 1.24 bits per heavy atom. The van der Waals surface area contributed by atoms with Crippen LogP contribution >= 0.6 is 0 Å². The van der Waals surface area contributed by atoms with E-state index < -0.39 is 5.60 Å². The minimum atomic E-state index is -0.411. The highest BCUT2D eigenvalue weighted by Crippen LogP contribution is 2.20. The minimum absolute atomic E-state index is 0.160. The van der Waals surface area contributed by atoms with Gasteiger partial charge in [0.25, 0.3) is 0 Å². The molecule has 0 aromatic carbocycles. The van der Waals surface area contributed by atoms with Crippen molar-refractivity contribution in [2.75, 3.05) is 39.8 Å². The maximum Gasteiger partial charge on any atom is 0.410 e. The van der Waals surface area contributed by atoms with E-state index in [1.165, 1.54) is 19.5 Å². The fraction of sp³-hybridized carbons (Fsp3) is 0.938. The molecular formula is C16H31N3O2. The molecule has 5 heteroatoms. The molecule has 2 aliphatic heterocycles. The van der Waals surface area contributed by atoms with Gasteiger partial charge < -0.3 is 19.9 Å². The van der Waals surface area contributed by atoms with E-state index in [4.69, 9.17) is 4.74 Å². The predicted octanol–water partition coefficient (Wildman–Crippen LogP) is 1.93. The lowest BCUT2D eigenvalue weighted by Crippen LogP contribution is -2.44. The lowest BCUT2D eigenvalue weighted by Gasteiger charge is -2.29. The number of amides is 1. The van der Waals surface area contributed by atoms with Gasteiger partial charge in [0.05, 0.1) is 0 Å². The standard InChI is InChI=1S/C16H31N3O2/c1-16(2,3)21-15(20)19-8-5-6-14(19)11-17-10-13-7-9-18(4)12-13/h13-14,17H,5-12H2,1-4H3. The van der Waals surface area contributed by atoms with Gasteiger partial charge in [-0.05, 0) is 66.1 Å². The summed E-state index contributed by atoms with van der Waals surface area (Å²) in [5.41, 5.74) is -0.411. The Kier molecular flexibility index (Phi) is 5.49. The maximum atomic E-state index is 12.2. The van der Waals surface area contributed by atoms with Gasteiger partial charge in [-0.15, -0.1) is 0 Å². The van der Waals surface area contributed by atoms with E-state index in [1.54, 1.807) is 0 Å². The number of carbonyl (C=O) groups is 1. The largest absolute Gasteiger partial charge is 0.444 e. The fourth-order valence-corrected chi connectivity index (χ4v) is 3.26. The Hall–Kier alpha value is -0.810. The highest BCUT2D eigenvalue weighted by Gasteiger charge is 2.32. The first kappa shape index (κ1) is 16.6. The van der Waals surface area contributed by atoms with Crippen molar-refractivity contribution in [3.05, 3.63) is 0 Å². The molecule has 5 nitrogen and oxygen atoms in total. The van der Waals surface area contributed by atoms with Gasteiger partial charge in [-0.25, -0.2) is 4.79 Å². The minimum Gasteiger partial charge on any atom is -0.444 e. The van der Waals surface area contributed by atoms with Gasteiger partial charge in [-0.2, -0.15) is 0 Å². The summed E-state index contributed by atoms with van der Waals surface area (Å²) in [7, 11) is 2.18. The summed E-state index contributed by atoms with van der Waals surface area (Å²) >= 11 is 0. The Balaban J connectivity index is 1.73. The van der Waals surface area contributed by atoms with Crippen LogP contribution in [0.4, 0.5) is 4.79 Å². The van der Waals surface area contributed by atoms with E-state index in [1.807, 2.05) is 25.7 Å². The van der Waals surface area contributed by atoms with Crippen LogP contribution in [-0.2, 0) is 4.74 Å². The number of ether oxygens (including phenoxy) is 1. The summed E-state index contributed by atoms with van der Waals surface area (Å²) in [5.74, 6) is 0.756. The summed E-state index contributed by atoms with van der Waals surface area (Å²) in [5, 5.41) is 3.56. The molecule has 0 bridgehead atoms. The zero-order valence-electron chi connectivity index (χ0n) is 14.0. The van der Waals surface area contributed by atoms with E-state index in [9.17, 15) is 4.79 Å². The van der Waals surface area contributed by atoms with Crippen LogP contribution in [0.15, 0.2) is 0 Å². The molecule has 0 radical (unpaired) electrons. The summed E-state index contributed by atoms with van der Waals surface area (Å²) in [4.78, 5) is 16.5. The zero-order valence-corrected chi connectivity index (χ0v) is 14.0. The first-order valence-corrected chi connectivity index (χ1v) is 8.24. The van der Waals surface area contributed by atoms with E-state index in [0.717, 1.165) is 38.4 Å². The van der Waals surface area contributed by atoms with Gasteiger partial charge in [0.2, 0.25) is 0 Å². The van der Waals surface area contributed by atoms with Crippen LogP contribution in [0.3, 0.4) is 0 Å². The van der Waals surface area contributed by atoms with Crippen LogP contribution in [0.5, 0.6) is 0 Å². The molecule has 0 spiro atoms. The monoisotopic (exact) mass is 297 g/mol. The first-order valence-electron chi connectivity index (χ1n) is 8.24. The molecule has 2 saturated heterocycles. The van der Waals surface area contributed by atoms with Crippen molar-refractivity contribution in [3.8, 4) is 0 Å². The molecule has 0 aromatic heterocycles. The zero-order chi connectivity index (χ0) is 15.5. The molecule has 122 valence electrons. The van der Waals surface area contributed by atoms with Gasteiger partial charge in [0, 0.05) is 25.7 Å². The molecule has 2 rings (SSSR count). The molecule has 1 amide bonds. The van der Waals surface area contributed by atoms with Crippen LogP contribution < -0.4 is 5.32 Å². The van der Waals surface area contributed by atoms with Gasteiger partial charge in [0.1, 0.15) is 5.60 Å². The maximum absolute atomic E-state index is 12.2. The second-order valence-corrected chi connectivity index (χ2v) is 7.54.